The van der Waals surface area contributed by atoms with Crippen LogP contribution in [0.1, 0.15) is 11.6 Å². The molecule has 0 fully saturated rings. The average Bonchev–Trinajstić information content (AvgIpc) is 3.19. The van der Waals surface area contributed by atoms with E-state index in [4.69, 9.17) is 8.83 Å². The second-order valence-electron chi connectivity index (χ2n) is 4.98. The molecular weight excluding hydrogens is 254 g/mol. The van der Waals surface area contributed by atoms with Gasteiger partial charge in [0.25, 0.3) is 0 Å². The summed E-state index contributed by atoms with van der Waals surface area (Å²) in [6.07, 6.45) is 5.31. The van der Waals surface area contributed by atoms with Crippen molar-refractivity contribution in [2.24, 2.45) is 0 Å². The molecule has 0 N–H and O–H groups in total. The van der Waals surface area contributed by atoms with E-state index in [9.17, 15) is 0 Å². The van der Waals surface area contributed by atoms with E-state index in [1.165, 1.54) is 0 Å². The summed E-state index contributed by atoms with van der Waals surface area (Å²) in [6.45, 7) is 3.57. The minimum Gasteiger partial charge on any atom is -0.468 e. The molecule has 0 bridgehead atoms. The van der Waals surface area contributed by atoms with E-state index < -0.39 is 0 Å². The van der Waals surface area contributed by atoms with E-state index in [1.807, 2.05) is 30.5 Å². The van der Waals surface area contributed by atoms with Gasteiger partial charge < -0.3 is 13.4 Å². The number of fused-ring (bicyclic) bond motifs is 1. The lowest BCUT2D eigenvalue weighted by molar-refractivity contribution is 0.194. The Kier molecular flexibility index (Phi) is 2.70. The molecule has 0 spiro atoms. The van der Waals surface area contributed by atoms with Crippen LogP contribution in [0.2, 0.25) is 0 Å². The molecule has 1 aliphatic heterocycles. The standard InChI is InChI=1S/C15H15N3O2/c1-3-12(19-7-1)10-17-5-6-18-13(9-16-15(18)11-17)14-4-2-8-20-14/h1-4,7-9H,5-6,10-11H2. The van der Waals surface area contributed by atoms with E-state index in [2.05, 4.69) is 14.5 Å². The summed E-state index contributed by atoms with van der Waals surface area (Å²) >= 11 is 0. The Morgan fingerprint density at radius 2 is 2.00 bits per heavy atom. The third-order valence-electron chi connectivity index (χ3n) is 3.68. The van der Waals surface area contributed by atoms with Crippen LogP contribution in [0.25, 0.3) is 11.5 Å². The lowest BCUT2D eigenvalue weighted by atomic mass is 10.3. The van der Waals surface area contributed by atoms with Crippen molar-refractivity contribution < 1.29 is 8.83 Å². The fraction of sp³-hybridized carbons (Fsp3) is 0.267. The predicted molar refractivity (Wildman–Crippen MR) is 72.8 cm³/mol. The SMILES string of the molecule is c1coc(CN2CCn3c(-c4ccco4)cnc3C2)c1. The number of furan rings is 2. The number of imidazole rings is 1. The first-order chi connectivity index (χ1) is 9.90. The highest BCUT2D eigenvalue weighted by Crippen LogP contribution is 2.24. The molecule has 3 aromatic rings. The molecule has 4 rings (SSSR count). The Morgan fingerprint density at radius 3 is 2.80 bits per heavy atom. The number of nitrogens with zero attached hydrogens (tertiary/aromatic N) is 3. The fourth-order valence-electron chi connectivity index (χ4n) is 2.69. The van der Waals surface area contributed by atoms with Crippen molar-refractivity contribution in [1.82, 2.24) is 14.5 Å². The van der Waals surface area contributed by atoms with Crippen LogP contribution >= 0.6 is 0 Å². The minimum absolute atomic E-state index is 0.829. The van der Waals surface area contributed by atoms with E-state index in [1.54, 1.807) is 12.5 Å². The Hall–Kier alpha value is -2.27. The number of hydrogen-bond acceptors (Lipinski definition) is 4. The van der Waals surface area contributed by atoms with E-state index >= 15 is 0 Å². The van der Waals surface area contributed by atoms with E-state index in [0.717, 1.165) is 49.2 Å². The third-order valence-corrected chi connectivity index (χ3v) is 3.68. The van der Waals surface area contributed by atoms with Gasteiger partial charge in [-0.2, -0.15) is 0 Å². The van der Waals surface area contributed by atoms with Gasteiger partial charge in [-0.05, 0) is 24.3 Å². The largest absolute Gasteiger partial charge is 0.468 e. The summed E-state index contributed by atoms with van der Waals surface area (Å²) in [5.41, 5.74) is 1.06. The molecular formula is C15H15N3O2. The van der Waals surface area contributed by atoms with Crippen molar-refractivity contribution in [3.63, 3.8) is 0 Å². The van der Waals surface area contributed by atoms with Crippen molar-refractivity contribution in [2.75, 3.05) is 6.54 Å². The van der Waals surface area contributed by atoms with Crippen LogP contribution in [0, 0.1) is 0 Å². The second-order valence-corrected chi connectivity index (χ2v) is 4.98. The maximum atomic E-state index is 5.47. The molecule has 4 heterocycles. The predicted octanol–water partition coefficient (Wildman–Crippen LogP) is 2.75. The molecule has 0 atom stereocenters. The van der Waals surface area contributed by atoms with Crippen molar-refractivity contribution in [2.45, 2.75) is 19.6 Å². The Balaban J connectivity index is 1.56. The Labute approximate surface area is 116 Å². The van der Waals surface area contributed by atoms with Gasteiger partial charge in [0.2, 0.25) is 0 Å². The number of rotatable bonds is 3. The summed E-state index contributed by atoms with van der Waals surface area (Å²) in [4.78, 5) is 6.86. The summed E-state index contributed by atoms with van der Waals surface area (Å²) in [5.74, 6) is 2.95. The first-order valence-corrected chi connectivity index (χ1v) is 6.73. The molecule has 5 heteroatoms. The van der Waals surface area contributed by atoms with Gasteiger partial charge in [0.15, 0.2) is 5.76 Å². The highest BCUT2D eigenvalue weighted by Gasteiger charge is 2.21. The van der Waals surface area contributed by atoms with Gasteiger partial charge in [0, 0.05) is 13.1 Å². The lowest BCUT2D eigenvalue weighted by Crippen LogP contribution is -2.33. The monoisotopic (exact) mass is 269 g/mol. The van der Waals surface area contributed by atoms with Crippen LogP contribution in [-0.2, 0) is 19.6 Å². The normalized spacial score (nSPS) is 15.4. The maximum Gasteiger partial charge on any atom is 0.151 e. The van der Waals surface area contributed by atoms with Gasteiger partial charge in [-0.25, -0.2) is 4.98 Å². The fourth-order valence-corrected chi connectivity index (χ4v) is 2.69. The number of aromatic nitrogens is 2. The van der Waals surface area contributed by atoms with Gasteiger partial charge in [-0.1, -0.05) is 0 Å². The molecule has 0 amide bonds. The smallest absolute Gasteiger partial charge is 0.151 e. The average molecular weight is 269 g/mol. The second kappa shape index (κ2) is 4.68. The minimum atomic E-state index is 0.829. The Morgan fingerprint density at radius 1 is 1.10 bits per heavy atom. The lowest BCUT2D eigenvalue weighted by Gasteiger charge is -2.27. The van der Waals surface area contributed by atoms with Gasteiger partial charge in [0.05, 0.1) is 31.8 Å². The highest BCUT2D eigenvalue weighted by molar-refractivity contribution is 5.52. The molecule has 0 unspecified atom stereocenters. The molecule has 0 aliphatic carbocycles. The van der Waals surface area contributed by atoms with Gasteiger partial charge in [-0.3, -0.25) is 4.90 Å². The first kappa shape index (κ1) is 11.5. The van der Waals surface area contributed by atoms with Crippen molar-refractivity contribution in [3.8, 4) is 11.5 Å². The van der Waals surface area contributed by atoms with Crippen LogP contribution in [0.15, 0.2) is 51.8 Å². The van der Waals surface area contributed by atoms with Crippen LogP contribution in [-0.4, -0.2) is 21.0 Å². The summed E-state index contributed by atoms with van der Waals surface area (Å²) in [7, 11) is 0. The molecule has 0 radical (unpaired) electrons. The molecule has 0 aromatic carbocycles. The van der Waals surface area contributed by atoms with Crippen LogP contribution in [0.3, 0.4) is 0 Å². The molecule has 5 nitrogen and oxygen atoms in total. The van der Waals surface area contributed by atoms with Crippen LogP contribution in [0.4, 0.5) is 0 Å². The quantitative estimate of drug-likeness (QED) is 0.733. The first-order valence-electron chi connectivity index (χ1n) is 6.73. The zero-order chi connectivity index (χ0) is 13.4. The van der Waals surface area contributed by atoms with Gasteiger partial charge in [0.1, 0.15) is 17.3 Å². The molecule has 0 saturated carbocycles. The van der Waals surface area contributed by atoms with Crippen LogP contribution < -0.4 is 0 Å². The molecule has 3 aromatic heterocycles. The van der Waals surface area contributed by atoms with Gasteiger partial charge >= 0.3 is 0 Å². The van der Waals surface area contributed by atoms with E-state index in [0.29, 0.717) is 0 Å². The zero-order valence-corrected chi connectivity index (χ0v) is 11.0. The van der Waals surface area contributed by atoms with Crippen molar-refractivity contribution in [1.29, 1.82) is 0 Å². The van der Waals surface area contributed by atoms with Crippen LogP contribution in [0.5, 0.6) is 0 Å². The van der Waals surface area contributed by atoms with Crippen molar-refractivity contribution in [3.05, 3.63) is 54.6 Å². The summed E-state index contributed by atoms with van der Waals surface area (Å²) < 4.78 is 13.1. The van der Waals surface area contributed by atoms with Crippen molar-refractivity contribution >= 4 is 0 Å². The number of hydrogen-bond donors (Lipinski definition) is 0. The molecule has 20 heavy (non-hydrogen) atoms. The molecule has 102 valence electrons. The topological polar surface area (TPSA) is 47.3 Å². The molecule has 1 aliphatic rings. The zero-order valence-electron chi connectivity index (χ0n) is 11.0. The maximum absolute atomic E-state index is 5.47. The van der Waals surface area contributed by atoms with Gasteiger partial charge in [-0.15, -0.1) is 0 Å². The third kappa shape index (κ3) is 1.96. The molecule has 0 saturated heterocycles. The highest BCUT2D eigenvalue weighted by atomic mass is 16.3. The Bertz CT molecular complexity index is 683. The summed E-state index contributed by atoms with van der Waals surface area (Å²) in [5, 5.41) is 0. The summed E-state index contributed by atoms with van der Waals surface area (Å²) in [6, 6.07) is 7.81. The van der Waals surface area contributed by atoms with E-state index in [-0.39, 0.29) is 0 Å².